The maximum absolute atomic E-state index is 11.4. The molecule has 1 rings (SSSR count). The van der Waals surface area contributed by atoms with Crippen LogP contribution in [0.5, 0.6) is 0 Å². The molecule has 0 spiro atoms. The van der Waals surface area contributed by atoms with Gasteiger partial charge in [0.15, 0.2) is 0 Å². The van der Waals surface area contributed by atoms with Crippen molar-refractivity contribution in [2.75, 3.05) is 6.54 Å². The second-order valence-corrected chi connectivity index (χ2v) is 4.04. The molecule has 4 heteroatoms. The lowest BCUT2D eigenvalue weighted by Crippen LogP contribution is -2.24. The van der Waals surface area contributed by atoms with Crippen molar-refractivity contribution in [3.63, 3.8) is 0 Å². The zero-order valence-electron chi connectivity index (χ0n) is 8.19. The lowest BCUT2D eigenvalue weighted by molar-refractivity contribution is 0.0950. The molecule has 1 amide bonds. The van der Waals surface area contributed by atoms with E-state index in [4.69, 9.17) is 5.11 Å². The first-order valence-electron chi connectivity index (χ1n) is 4.68. The van der Waals surface area contributed by atoms with Crippen molar-refractivity contribution in [3.8, 4) is 0 Å². The Morgan fingerprint density at radius 2 is 2.50 bits per heavy atom. The standard InChI is InChI=1S/C10H15NO2S/c1-8(12)3-2-5-11-10(13)9-4-6-14-7-9/h4,6-8,12H,2-3,5H2,1H3,(H,11,13). The van der Waals surface area contributed by atoms with Crippen molar-refractivity contribution in [1.29, 1.82) is 0 Å². The van der Waals surface area contributed by atoms with Gasteiger partial charge in [-0.25, -0.2) is 0 Å². The van der Waals surface area contributed by atoms with Crippen molar-refractivity contribution in [3.05, 3.63) is 22.4 Å². The van der Waals surface area contributed by atoms with E-state index in [-0.39, 0.29) is 12.0 Å². The van der Waals surface area contributed by atoms with Gasteiger partial charge in [-0.3, -0.25) is 4.79 Å². The number of aliphatic hydroxyl groups is 1. The summed E-state index contributed by atoms with van der Waals surface area (Å²) in [6.07, 6.45) is 1.25. The maximum Gasteiger partial charge on any atom is 0.252 e. The van der Waals surface area contributed by atoms with Gasteiger partial charge in [0.2, 0.25) is 0 Å². The highest BCUT2D eigenvalue weighted by Crippen LogP contribution is 2.05. The van der Waals surface area contributed by atoms with Gasteiger partial charge < -0.3 is 10.4 Å². The van der Waals surface area contributed by atoms with Crippen molar-refractivity contribution < 1.29 is 9.90 Å². The van der Waals surface area contributed by atoms with Crippen LogP contribution in [-0.2, 0) is 0 Å². The topological polar surface area (TPSA) is 49.3 Å². The van der Waals surface area contributed by atoms with Gasteiger partial charge in [0.1, 0.15) is 0 Å². The summed E-state index contributed by atoms with van der Waals surface area (Å²) in [4.78, 5) is 11.4. The highest BCUT2D eigenvalue weighted by molar-refractivity contribution is 7.08. The number of hydrogen-bond acceptors (Lipinski definition) is 3. The fraction of sp³-hybridized carbons (Fsp3) is 0.500. The van der Waals surface area contributed by atoms with Crippen LogP contribution in [0.1, 0.15) is 30.1 Å². The third-order valence-electron chi connectivity index (χ3n) is 1.87. The van der Waals surface area contributed by atoms with Crippen LogP contribution >= 0.6 is 11.3 Å². The Balaban J connectivity index is 2.16. The number of thiophene rings is 1. The maximum atomic E-state index is 11.4. The summed E-state index contributed by atoms with van der Waals surface area (Å²) < 4.78 is 0. The smallest absolute Gasteiger partial charge is 0.252 e. The second kappa shape index (κ2) is 5.78. The summed E-state index contributed by atoms with van der Waals surface area (Å²) in [7, 11) is 0. The number of amides is 1. The minimum atomic E-state index is -0.284. The lowest BCUT2D eigenvalue weighted by atomic mass is 10.2. The molecule has 0 aliphatic rings. The molecule has 3 nitrogen and oxygen atoms in total. The van der Waals surface area contributed by atoms with Crippen molar-refractivity contribution in [2.45, 2.75) is 25.9 Å². The summed E-state index contributed by atoms with van der Waals surface area (Å²) in [5, 5.41) is 15.5. The Labute approximate surface area is 87.8 Å². The van der Waals surface area contributed by atoms with Crippen molar-refractivity contribution in [2.24, 2.45) is 0 Å². The fourth-order valence-corrected chi connectivity index (χ4v) is 1.73. The van der Waals surface area contributed by atoms with Crippen LogP contribution in [0, 0.1) is 0 Å². The van der Waals surface area contributed by atoms with E-state index in [1.807, 2.05) is 10.8 Å². The Hall–Kier alpha value is -0.870. The summed E-state index contributed by atoms with van der Waals surface area (Å²) in [6.45, 7) is 2.38. The lowest BCUT2D eigenvalue weighted by Gasteiger charge is -2.05. The largest absolute Gasteiger partial charge is 0.393 e. The number of rotatable bonds is 5. The molecule has 0 fully saturated rings. The molecule has 78 valence electrons. The zero-order valence-corrected chi connectivity index (χ0v) is 9.01. The van der Waals surface area contributed by atoms with E-state index in [2.05, 4.69) is 5.32 Å². The molecule has 0 saturated heterocycles. The van der Waals surface area contributed by atoms with Gasteiger partial charge in [0.25, 0.3) is 5.91 Å². The predicted octanol–water partition coefficient (Wildman–Crippen LogP) is 1.64. The normalized spacial score (nSPS) is 12.4. The molecule has 1 aromatic rings. The van der Waals surface area contributed by atoms with Crippen LogP contribution in [0.4, 0.5) is 0 Å². The summed E-state index contributed by atoms with van der Waals surface area (Å²) in [5.41, 5.74) is 0.715. The first kappa shape index (κ1) is 11.2. The third-order valence-corrected chi connectivity index (χ3v) is 2.55. The fourth-order valence-electron chi connectivity index (χ4n) is 1.10. The number of carbonyl (C=O) groups is 1. The Morgan fingerprint density at radius 1 is 1.71 bits per heavy atom. The minimum Gasteiger partial charge on any atom is -0.393 e. The van der Waals surface area contributed by atoms with Crippen molar-refractivity contribution >= 4 is 17.2 Å². The van der Waals surface area contributed by atoms with Gasteiger partial charge in [-0.15, -0.1) is 0 Å². The van der Waals surface area contributed by atoms with E-state index in [0.29, 0.717) is 12.1 Å². The molecule has 0 saturated carbocycles. The van der Waals surface area contributed by atoms with Crippen LogP contribution < -0.4 is 5.32 Å². The molecule has 1 unspecified atom stereocenters. The number of nitrogens with one attached hydrogen (secondary N) is 1. The summed E-state index contributed by atoms with van der Waals surface area (Å²) in [5.74, 6) is -0.0307. The van der Waals surface area contributed by atoms with Crippen LogP contribution in [0.2, 0.25) is 0 Å². The van der Waals surface area contributed by atoms with Crippen LogP contribution in [0.3, 0.4) is 0 Å². The minimum absolute atomic E-state index is 0.0307. The first-order chi connectivity index (χ1) is 6.70. The molecule has 0 radical (unpaired) electrons. The molecule has 1 heterocycles. The van der Waals surface area contributed by atoms with E-state index in [9.17, 15) is 4.79 Å². The quantitative estimate of drug-likeness (QED) is 0.730. The van der Waals surface area contributed by atoms with Gasteiger partial charge in [-0.2, -0.15) is 11.3 Å². The summed E-state index contributed by atoms with van der Waals surface area (Å²) in [6, 6.07) is 1.80. The van der Waals surface area contributed by atoms with Gasteiger partial charge in [0.05, 0.1) is 6.10 Å². The van der Waals surface area contributed by atoms with Crippen molar-refractivity contribution in [1.82, 2.24) is 5.32 Å². The van der Waals surface area contributed by atoms with E-state index in [1.54, 1.807) is 13.0 Å². The number of hydrogen-bond donors (Lipinski definition) is 2. The summed E-state index contributed by atoms with van der Waals surface area (Å²) >= 11 is 1.51. The molecule has 1 aromatic heterocycles. The van der Waals surface area contributed by atoms with Gasteiger partial charge in [0, 0.05) is 17.5 Å². The van der Waals surface area contributed by atoms with Gasteiger partial charge >= 0.3 is 0 Å². The van der Waals surface area contributed by atoms with Crippen LogP contribution in [0.15, 0.2) is 16.8 Å². The van der Waals surface area contributed by atoms with Gasteiger partial charge in [-0.05, 0) is 31.2 Å². The monoisotopic (exact) mass is 213 g/mol. The Kier molecular flexibility index (Phi) is 4.62. The average Bonchev–Trinajstić information content (AvgIpc) is 2.64. The SMILES string of the molecule is CC(O)CCCNC(=O)c1ccsc1. The van der Waals surface area contributed by atoms with Crippen LogP contribution in [-0.4, -0.2) is 23.7 Å². The molecule has 0 aliphatic carbocycles. The van der Waals surface area contributed by atoms with E-state index in [0.717, 1.165) is 12.8 Å². The number of carbonyl (C=O) groups excluding carboxylic acids is 1. The predicted molar refractivity (Wildman–Crippen MR) is 57.6 cm³/mol. The van der Waals surface area contributed by atoms with Gasteiger partial charge in [-0.1, -0.05) is 0 Å². The first-order valence-corrected chi connectivity index (χ1v) is 5.63. The molecule has 1 atom stereocenters. The zero-order chi connectivity index (χ0) is 10.4. The molecular formula is C10H15NO2S. The second-order valence-electron chi connectivity index (χ2n) is 3.26. The molecule has 0 aliphatic heterocycles. The third kappa shape index (κ3) is 3.89. The Bertz CT molecular complexity index is 270. The van der Waals surface area contributed by atoms with E-state index in [1.165, 1.54) is 11.3 Å². The molecule has 2 N–H and O–H groups in total. The average molecular weight is 213 g/mol. The van der Waals surface area contributed by atoms with E-state index < -0.39 is 0 Å². The molecular weight excluding hydrogens is 198 g/mol. The highest BCUT2D eigenvalue weighted by atomic mass is 32.1. The molecule has 0 aromatic carbocycles. The Morgan fingerprint density at radius 3 is 3.07 bits per heavy atom. The molecule has 0 bridgehead atoms. The van der Waals surface area contributed by atoms with E-state index >= 15 is 0 Å². The van der Waals surface area contributed by atoms with Crippen LogP contribution in [0.25, 0.3) is 0 Å². The number of aliphatic hydroxyl groups excluding tert-OH is 1. The molecule has 14 heavy (non-hydrogen) atoms. The highest BCUT2D eigenvalue weighted by Gasteiger charge is 2.04.